The molecule has 0 radical (unpaired) electrons. The second kappa shape index (κ2) is 7.74. The molecule has 144 valence electrons. The Morgan fingerprint density at radius 1 is 1.00 bits per heavy atom. The average Bonchev–Trinajstić information content (AvgIpc) is 2.68. The van der Waals surface area contributed by atoms with Gasteiger partial charge in [0.1, 0.15) is 5.69 Å². The molecule has 27 heavy (non-hydrogen) atoms. The summed E-state index contributed by atoms with van der Waals surface area (Å²) in [5.74, 6) is 0.127. The van der Waals surface area contributed by atoms with Gasteiger partial charge in [-0.05, 0) is 30.5 Å². The van der Waals surface area contributed by atoms with Gasteiger partial charge in [0.15, 0.2) is 0 Å². The van der Waals surface area contributed by atoms with Crippen LogP contribution in [0, 0.1) is 6.92 Å². The third-order valence-corrected chi connectivity index (χ3v) is 6.62. The van der Waals surface area contributed by atoms with Gasteiger partial charge in [0.2, 0.25) is 10.0 Å². The summed E-state index contributed by atoms with van der Waals surface area (Å²) in [6.45, 7) is 7.13. The van der Waals surface area contributed by atoms with Crippen LogP contribution < -0.4 is 0 Å². The third kappa shape index (κ3) is 4.17. The summed E-state index contributed by atoms with van der Waals surface area (Å²) < 4.78 is 27.1. The summed E-state index contributed by atoms with van der Waals surface area (Å²) in [4.78, 5) is 22.6. The van der Waals surface area contributed by atoms with E-state index in [4.69, 9.17) is 0 Å². The topological polar surface area (TPSA) is 83.5 Å². The Morgan fingerprint density at radius 2 is 1.63 bits per heavy atom. The van der Waals surface area contributed by atoms with E-state index >= 15 is 0 Å². The van der Waals surface area contributed by atoms with Crippen LogP contribution in [0.1, 0.15) is 41.5 Å². The molecule has 3 rings (SSSR count). The monoisotopic (exact) mass is 388 g/mol. The fraction of sp³-hybridized carbons (Fsp3) is 0.421. The largest absolute Gasteiger partial charge is 0.335 e. The lowest BCUT2D eigenvalue weighted by atomic mass is 10.0. The molecule has 1 fully saturated rings. The zero-order valence-electron chi connectivity index (χ0n) is 15.8. The number of nitrogens with zero attached hydrogens (tertiary/aromatic N) is 4. The number of rotatable bonds is 4. The van der Waals surface area contributed by atoms with Crippen LogP contribution in [0.2, 0.25) is 0 Å². The first-order chi connectivity index (χ1) is 12.8. The molecule has 2 aromatic rings. The van der Waals surface area contributed by atoms with Gasteiger partial charge >= 0.3 is 0 Å². The Bertz CT molecular complexity index is 901. The minimum absolute atomic E-state index is 0.221. The van der Waals surface area contributed by atoms with Gasteiger partial charge in [-0.3, -0.25) is 9.78 Å². The van der Waals surface area contributed by atoms with Gasteiger partial charge in [-0.25, -0.2) is 13.4 Å². The van der Waals surface area contributed by atoms with E-state index in [1.165, 1.54) is 10.5 Å². The molecule has 1 saturated heterocycles. The van der Waals surface area contributed by atoms with Crippen molar-refractivity contribution in [2.24, 2.45) is 0 Å². The predicted molar refractivity (Wildman–Crippen MR) is 102 cm³/mol. The van der Waals surface area contributed by atoms with Crippen LogP contribution in [-0.4, -0.2) is 59.7 Å². The predicted octanol–water partition coefficient (Wildman–Crippen LogP) is 2.06. The van der Waals surface area contributed by atoms with Gasteiger partial charge < -0.3 is 4.90 Å². The first-order valence-corrected chi connectivity index (χ1v) is 10.4. The van der Waals surface area contributed by atoms with Crippen molar-refractivity contribution in [1.29, 1.82) is 0 Å². The summed E-state index contributed by atoms with van der Waals surface area (Å²) in [6, 6.07) is 7.02. The van der Waals surface area contributed by atoms with Gasteiger partial charge in [-0.15, -0.1) is 0 Å². The minimum Gasteiger partial charge on any atom is -0.335 e. The minimum atomic E-state index is -3.56. The highest BCUT2D eigenvalue weighted by Crippen LogP contribution is 2.21. The van der Waals surface area contributed by atoms with E-state index < -0.39 is 10.0 Å². The SMILES string of the molecule is Cc1cnc(C(=O)N2CCN(S(=O)(=O)c3ccc(C(C)C)cc3)CC2)cn1. The van der Waals surface area contributed by atoms with Crippen LogP contribution in [0.5, 0.6) is 0 Å². The number of carbonyl (C=O) groups is 1. The summed E-state index contributed by atoms with van der Waals surface area (Å²) in [5.41, 5.74) is 2.12. The van der Waals surface area contributed by atoms with Crippen molar-refractivity contribution in [1.82, 2.24) is 19.2 Å². The van der Waals surface area contributed by atoms with Gasteiger partial charge in [0, 0.05) is 32.4 Å². The molecule has 1 aromatic heterocycles. The van der Waals surface area contributed by atoms with Gasteiger partial charge in [-0.2, -0.15) is 4.31 Å². The maximum atomic E-state index is 12.9. The molecule has 7 nitrogen and oxygen atoms in total. The number of hydrogen-bond acceptors (Lipinski definition) is 5. The van der Waals surface area contributed by atoms with Crippen molar-refractivity contribution in [2.45, 2.75) is 31.6 Å². The Morgan fingerprint density at radius 3 is 2.15 bits per heavy atom. The molecule has 0 N–H and O–H groups in total. The summed E-state index contributed by atoms with van der Waals surface area (Å²) >= 11 is 0. The van der Waals surface area contributed by atoms with Gasteiger partial charge in [0.25, 0.3) is 5.91 Å². The highest BCUT2D eigenvalue weighted by molar-refractivity contribution is 7.89. The van der Waals surface area contributed by atoms with Crippen molar-refractivity contribution < 1.29 is 13.2 Å². The lowest BCUT2D eigenvalue weighted by molar-refractivity contribution is 0.0691. The van der Waals surface area contributed by atoms with Gasteiger partial charge in [-0.1, -0.05) is 26.0 Å². The number of piperazine rings is 1. The molecule has 0 aliphatic carbocycles. The van der Waals surface area contributed by atoms with Crippen LogP contribution in [-0.2, 0) is 10.0 Å². The van der Waals surface area contributed by atoms with Crippen molar-refractivity contribution in [2.75, 3.05) is 26.2 Å². The molecule has 0 saturated carbocycles. The smallest absolute Gasteiger partial charge is 0.274 e. The van der Waals surface area contributed by atoms with Crippen LogP contribution in [0.4, 0.5) is 0 Å². The maximum Gasteiger partial charge on any atom is 0.274 e. The molecule has 0 atom stereocenters. The van der Waals surface area contributed by atoms with Gasteiger partial charge in [0.05, 0.1) is 16.8 Å². The van der Waals surface area contributed by atoms with Crippen LogP contribution in [0.3, 0.4) is 0 Å². The standard InChI is InChI=1S/C19H24N4O3S/c1-14(2)16-4-6-17(7-5-16)27(25,26)23-10-8-22(9-11-23)19(24)18-13-20-15(3)12-21-18/h4-7,12-14H,8-11H2,1-3H3. The number of aromatic nitrogens is 2. The first-order valence-electron chi connectivity index (χ1n) is 8.97. The van der Waals surface area contributed by atoms with E-state index in [1.807, 2.05) is 12.1 Å². The van der Waals surface area contributed by atoms with Crippen LogP contribution >= 0.6 is 0 Å². The normalized spacial score (nSPS) is 15.9. The Kier molecular flexibility index (Phi) is 5.57. The molecule has 1 aliphatic rings. The molecule has 1 aromatic carbocycles. The van der Waals surface area contributed by atoms with E-state index in [1.54, 1.807) is 30.2 Å². The summed E-state index contributed by atoms with van der Waals surface area (Å²) in [7, 11) is -3.56. The summed E-state index contributed by atoms with van der Waals surface area (Å²) in [5, 5.41) is 0. The maximum absolute atomic E-state index is 12.9. The van der Waals surface area contributed by atoms with Crippen molar-refractivity contribution >= 4 is 15.9 Å². The molecule has 0 unspecified atom stereocenters. The Hall–Kier alpha value is -2.32. The quantitative estimate of drug-likeness (QED) is 0.800. The number of sulfonamides is 1. The number of hydrogen-bond donors (Lipinski definition) is 0. The number of amides is 1. The lowest BCUT2D eigenvalue weighted by Crippen LogP contribution is -2.50. The first kappa shape index (κ1) is 19.4. The zero-order chi connectivity index (χ0) is 19.6. The van der Waals surface area contributed by atoms with Crippen molar-refractivity contribution in [3.05, 3.63) is 53.6 Å². The highest BCUT2D eigenvalue weighted by atomic mass is 32.2. The molecule has 8 heteroatoms. The molecule has 0 spiro atoms. The van der Waals surface area contributed by atoms with Crippen LogP contribution in [0.25, 0.3) is 0 Å². The molecule has 2 heterocycles. The van der Waals surface area contributed by atoms with E-state index in [2.05, 4.69) is 23.8 Å². The average molecular weight is 388 g/mol. The number of benzene rings is 1. The highest BCUT2D eigenvalue weighted by Gasteiger charge is 2.30. The van der Waals surface area contributed by atoms with E-state index in [-0.39, 0.29) is 29.6 Å². The zero-order valence-corrected chi connectivity index (χ0v) is 16.6. The van der Waals surface area contributed by atoms with E-state index in [9.17, 15) is 13.2 Å². The molecule has 1 amide bonds. The number of carbonyl (C=O) groups excluding carboxylic acids is 1. The second-order valence-corrected chi connectivity index (χ2v) is 8.90. The van der Waals surface area contributed by atoms with E-state index in [0.29, 0.717) is 19.0 Å². The summed E-state index contributed by atoms with van der Waals surface area (Å²) in [6.07, 6.45) is 3.01. The Labute approximate surface area is 160 Å². The molecular formula is C19H24N4O3S. The molecular weight excluding hydrogens is 364 g/mol. The van der Waals surface area contributed by atoms with Crippen molar-refractivity contribution in [3.8, 4) is 0 Å². The Balaban J connectivity index is 1.67. The molecule has 1 aliphatic heterocycles. The van der Waals surface area contributed by atoms with Crippen molar-refractivity contribution in [3.63, 3.8) is 0 Å². The lowest BCUT2D eigenvalue weighted by Gasteiger charge is -2.33. The third-order valence-electron chi connectivity index (χ3n) is 4.71. The second-order valence-electron chi connectivity index (χ2n) is 6.96. The fourth-order valence-electron chi connectivity index (χ4n) is 2.97. The van der Waals surface area contributed by atoms with E-state index in [0.717, 1.165) is 11.3 Å². The van der Waals surface area contributed by atoms with Crippen LogP contribution in [0.15, 0.2) is 41.6 Å². The fourth-order valence-corrected chi connectivity index (χ4v) is 4.39. The number of aryl methyl sites for hydroxylation is 1. The molecule has 0 bridgehead atoms.